The molecule has 1 N–H and O–H groups in total. The Morgan fingerprint density at radius 3 is 2.75 bits per heavy atom. The number of aliphatic imine (C=N–C) groups is 1. The van der Waals surface area contributed by atoms with E-state index in [1.165, 1.54) is 18.9 Å². The van der Waals surface area contributed by atoms with Gasteiger partial charge in [-0.15, -0.1) is 0 Å². The van der Waals surface area contributed by atoms with E-state index in [-0.39, 0.29) is 24.3 Å². The smallest absolute Gasteiger partial charge is 0.242 e. The molecule has 0 aromatic heterocycles. The molecule has 0 unspecified atom stereocenters. The van der Waals surface area contributed by atoms with Crippen molar-refractivity contribution in [3.63, 3.8) is 0 Å². The first-order chi connectivity index (χ1) is 17.5. The van der Waals surface area contributed by atoms with E-state index in [0.717, 1.165) is 12.8 Å². The molecule has 0 radical (unpaired) electrons. The fraction of sp³-hybridized carbons (Fsp3) is 0.423. The molecule has 4 rings (SSSR count). The van der Waals surface area contributed by atoms with E-state index in [9.17, 15) is 9.59 Å². The average molecular weight is 514 g/mol. The number of amidine groups is 1. The molecule has 2 aliphatic heterocycles. The zero-order chi connectivity index (χ0) is 25.5. The van der Waals surface area contributed by atoms with Crippen molar-refractivity contribution in [2.75, 3.05) is 39.3 Å². The van der Waals surface area contributed by atoms with E-state index in [4.69, 9.17) is 23.9 Å². The van der Waals surface area contributed by atoms with Crippen molar-refractivity contribution in [1.29, 1.82) is 0 Å². The number of ether oxygens (including phenoxy) is 4. The summed E-state index contributed by atoms with van der Waals surface area (Å²) in [7, 11) is 3.08. The number of carbonyl (C=O) groups is 2. The van der Waals surface area contributed by atoms with Gasteiger partial charge in [-0.25, -0.2) is 4.99 Å². The second-order valence-electron chi connectivity index (χ2n) is 8.30. The molecule has 9 nitrogen and oxygen atoms in total. The highest BCUT2D eigenvalue weighted by Gasteiger charge is 2.41. The summed E-state index contributed by atoms with van der Waals surface area (Å²) in [5.74, 6) is 1.27. The van der Waals surface area contributed by atoms with Crippen LogP contribution in [0, 0.1) is 0 Å². The lowest BCUT2D eigenvalue weighted by Gasteiger charge is -2.20. The number of nitrogens with zero attached hydrogens (tertiary/aromatic N) is 2. The number of nitrogens with one attached hydrogen (secondary N) is 1. The first-order valence-electron chi connectivity index (χ1n) is 11.9. The van der Waals surface area contributed by atoms with E-state index in [1.807, 2.05) is 31.2 Å². The lowest BCUT2D eigenvalue weighted by Crippen LogP contribution is -2.38. The first-order valence-corrected chi connectivity index (χ1v) is 12.8. The molecule has 2 aliphatic rings. The van der Waals surface area contributed by atoms with Crippen LogP contribution in [-0.4, -0.2) is 67.2 Å². The Morgan fingerprint density at radius 2 is 2.03 bits per heavy atom. The number of rotatable bonds is 10. The molecular weight excluding hydrogens is 482 g/mol. The molecule has 2 fully saturated rings. The third-order valence-electron chi connectivity index (χ3n) is 5.86. The Labute approximate surface area is 215 Å². The van der Waals surface area contributed by atoms with Crippen LogP contribution in [-0.2, 0) is 14.3 Å². The number of benzene rings is 2. The third kappa shape index (κ3) is 6.11. The maximum Gasteiger partial charge on any atom is 0.242 e. The van der Waals surface area contributed by atoms with E-state index in [0.29, 0.717) is 53.5 Å². The number of methoxy groups -OCH3 is 2. The molecule has 2 aromatic rings. The molecule has 2 atom stereocenters. The summed E-state index contributed by atoms with van der Waals surface area (Å²) in [5, 5.41) is 2.78. The highest BCUT2D eigenvalue weighted by Crippen LogP contribution is 2.36. The average Bonchev–Trinajstić information content (AvgIpc) is 3.49. The third-order valence-corrected chi connectivity index (χ3v) is 7.04. The van der Waals surface area contributed by atoms with E-state index < -0.39 is 5.25 Å². The minimum absolute atomic E-state index is 0.0159. The van der Waals surface area contributed by atoms with E-state index in [1.54, 1.807) is 30.2 Å². The largest absolute Gasteiger partial charge is 0.497 e. The molecule has 0 bridgehead atoms. The molecule has 10 heteroatoms. The topological polar surface area (TPSA) is 98.7 Å². The van der Waals surface area contributed by atoms with Crippen molar-refractivity contribution < 1.29 is 28.5 Å². The van der Waals surface area contributed by atoms with Crippen LogP contribution in [0.5, 0.6) is 17.2 Å². The first kappa shape index (κ1) is 25.8. The number of amides is 2. The molecular formula is C26H31N3O6S. The molecule has 2 amide bonds. The second kappa shape index (κ2) is 12.1. The summed E-state index contributed by atoms with van der Waals surface area (Å²) < 4.78 is 22.1. The molecule has 0 aliphatic carbocycles. The van der Waals surface area contributed by atoms with Crippen molar-refractivity contribution in [3.8, 4) is 17.2 Å². The van der Waals surface area contributed by atoms with E-state index in [2.05, 4.69) is 5.32 Å². The van der Waals surface area contributed by atoms with Gasteiger partial charge in [0.05, 0.1) is 39.2 Å². The summed E-state index contributed by atoms with van der Waals surface area (Å²) in [6.07, 6.45) is 1.79. The number of hydrogen-bond donors (Lipinski definition) is 1. The Bertz CT molecular complexity index is 1120. The predicted octanol–water partition coefficient (Wildman–Crippen LogP) is 4.24. The Hall–Kier alpha value is -3.24. The molecule has 192 valence electrons. The standard InChI is InChI=1S/C26H31N3O6S/c1-4-34-22-10-6-5-9-19(22)28-26-29(16-18-8-7-13-35-18)25(31)23(36-26)15-24(30)27-20-14-17(32-2)11-12-21(20)33-3/h5-6,9-12,14,18,23H,4,7-8,13,15-16H2,1-3H3,(H,27,30)/t18-,23+/m0/s1. The number of thioether (sulfide) groups is 1. The van der Waals surface area contributed by atoms with Gasteiger partial charge in [0.25, 0.3) is 0 Å². The van der Waals surface area contributed by atoms with E-state index >= 15 is 0 Å². The summed E-state index contributed by atoms with van der Waals surface area (Å²) >= 11 is 1.29. The second-order valence-corrected chi connectivity index (χ2v) is 9.47. The molecule has 0 saturated carbocycles. The number of carbonyl (C=O) groups excluding carboxylic acids is 2. The van der Waals surface area contributed by atoms with Crippen molar-refractivity contribution in [2.24, 2.45) is 4.99 Å². The molecule has 2 heterocycles. The summed E-state index contributed by atoms with van der Waals surface area (Å²) in [5.41, 5.74) is 1.12. The maximum atomic E-state index is 13.4. The number of para-hydroxylation sites is 2. The van der Waals surface area contributed by atoms with Crippen LogP contribution in [0.3, 0.4) is 0 Å². The van der Waals surface area contributed by atoms with Crippen LogP contribution in [0.15, 0.2) is 47.5 Å². The highest BCUT2D eigenvalue weighted by molar-refractivity contribution is 8.15. The molecule has 2 saturated heterocycles. The fourth-order valence-corrected chi connectivity index (χ4v) is 5.26. The van der Waals surface area contributed by atoms with Gasteiger partial charge in [0.2, 0.25) is 11.8 Å². The minimum atomic E-state index is -0.610. The SMILES string of the molecule is CCOc1ccccc1N=C1S[C@H](CC(=O)Nc2cc(OC)ccc2OC)C(=O)N1C[C@@H]1CCCO1. The normalized spacial score (nSPS) is 20.6. The Morgan fingerprint density at radius 1 is 1.19 bits per heavy atom. The van der Waals surface area contributed by atoms with Gasteiger partial charge in [-0.2, -0.15) is 0 Å². The van der Waals surface area contributed by atoms with Crippen molar-refractivity contribution in [2.45, 2.75) is 37.5 Å². The van der Waals surface area contributed by atoms with Crippen molar-refractivity contribution >= 4 is 40.1 Å². The zero-order valence-electron chi connectivity index (χ0n) is 20.7. The maximum absolute atomic E-state index is 13.4. The van der Waals surface area contributed by atoms with Crippen LogP contribution in [0.1, 0.15) is 26.2 Å². The zero-order valence-corrected chi connectivity index (χ0v) is 21.5. The summed E-state index contributed by atoms with van der Waals surface area (Å²) in [6, 6.07) is 12.6. The van der Waals surface area contributed by atoms with Gasteiger partial charge in [-0.1, -0.05) is 23.9 Å². The monoisotopic (exact) mass is 513 g/mol. The Balaban J connectivity index is 1.54. The lowest BCUT2D eigenvalue weighted by atomic mass is 10.2. The predicted molar refractivity (Wildman–Crippen MR) is 140 cm³/mol. The molecule has 36 heavy (non-hydrogen) atoms. The van der Waals surface area contributed by atoms with Gasteiger partial charge >= 0.3 is 0 Å². The van der Waals surface area contributed by atoms with Crippen molar-refractivity contribution in [3.05, 3.63) is 42.5 Å². The van der Waals surface area contributed by atoms with Gasteiger partial charge in [0.1, 0.15) is 28.2 Å². The summed E-state index contributed by atoms with van der Waals surface area (Å²) in [4.78, 5) is 32.8. The van der Waals surface area contributed by atoms with Crippen LogP contribution >= 0.6 is 11.8 Å². The number of hydrogen-bond acceptors (Lipinski definition) is 8. The van der Waals surface area contributed by atoms with Gasteiger partial charge in [0, 0.05) is 19.1 Å². The van der Waals surface area contributed by atoms with Crippen LogP contribution in [0.25, 0.3) is 0 Å². The fourth-order valence-electron chi connectivity index (χ4n) is 4.10. The van der Waals surface area contributed by atoms with Gasteiger partial charge in [0.15, 0.2) is 5.17 Å². The van der Waals surface area contributed by atoms with Crippen molar-refractivity contribution in [1.82, 2.24) is 4.90 Å². The van der Waals surface area contributed by atoms with Gasteiger partial charge in [-0.3, -0.25) is 14.5 Å². The van der Waals surface area contributed by atoms with Crippen LogP contribution in [0.4, 0.5) is 11.4 Å². The Kier molecular flexibility index (Phi) is 8.71. The summed E-state index contributed by atoms with van der Waals surface area (Å²) in [6.45, 7) is 3.51. The quantitative estimate of drug-likeness (QED) is 0.507. The highest BCUT2D eigenvalue weighted by atomic mass is 32.2. The lowest BCUT2D eigenvalue weighted by molar-refractivity contribution is -0.129. The number of anilines is 1. The van der Waals surface area contributed by atoms with Crippen LogP contribution < -0.4 is 19.5 Å². The van der Waals surface area contributed by atoms with Gasteiger partial charge in [-0.05, 0) is 44.0 Å². The molecule has 0 spiro atoms. The molecule has 2 aromatic carbocycles. The minimum Gasteiger partial charge on any atom is -0.497 e. The van der Waals surface area contributed by atoms with Gasteiger partial charge < -0.3 is 24.3 Å². The van der Waals surface area contributed by atoms with Crippen LogP contribution in [0.2, 0.25) is 0 Å².